The molecule has 0 amide bonds. The second kappa shape index (κ2) is 6.19. The topological polar surface area (TPSA) is 77.5 Å². The van der Waals surface area contributed by atoms with E-state index in [1.54, 1.807) is 6.92 Å². The van der Waals surface area contributed by atoms with E-state index in [1.807, 2.05) is 0 Å². The zero-order valence-corrected chi connectivity index (χ0v) is 11.1. The second-order valence-corrected chi connectivity index (χ2v) is 5.30. The smallest absolute Gasteiger partial charge is 0.242 e. The summed E-state index contributed by atoms with van der Waals surface area (Å²) in [6, 6.07) is 0.254. The molecule has 0 saturated carbocycles. The Morgan fingerprint density at radius 1 is 1.33 bits per heavy atom. The molecule has 0 aliphatic carbocycles. The van der Waals surface area contributed by atoms with Crippen LogP contribution in [0.4, 0.5) is 4.39 Å². The lowest BCUT2D eigenvalue weighted by Crippen LogP contribution is -2.42. The fourth-order valence-corrected chi connectivity index (χ4v) is 2.62. The monoisotopic (exact) mass is 278 g/mol. The van der Waals surface area contributed by atoms with Crippen LogP contribution in [0.25, 0.3) is 0 Å². The number of aromatic nitrogens is 1. The summed E-state index contributed by atoms with van der Waals surface area (Å²) >= 11 is 0. The fraction of sp³-hybridized carbons (Fsp3) is 0.500. The highest BCUT2D eigenvalue weighted by Gasteiger charge is 2.24. The number of nitrogens with zero attached hydrogens (tertiary/aromatic N) is 1. The van der Waals surface area contributed by atoms with E-state index < -0.39 is 28.2 Å². The quantitative estimate of drug-likeness (QED) is 0.767. The number of ether oxygens (including phenoxy) is 2. The molecular weight excluding hydrogens is 263 g/mol. The van der Waals surface area contributed by atoms with Gasteiger partial charge in [-0.3, -0.25) is 4.98 Å². The highest BCUT2D eigenvalue weighted by atomic mass is 32.2. The lowest BCUT2D eigenvalue weighted by Gasteiger charge is -2.21. The van der Waals surface area contributed by atoms with Gasteiger partial charge in [0.15, 0.2) is 6.29 Å². The van der Waals surface area contributed by atoms with Crippen LogP contribution in [0.5, 0.6) is 0 Å². The highest BCUT2D eigenvalue weighted by Crippen LogP contribution is 2.10. The maximum absolute atomic E-state index is 12.9. The van der Waals surface area contributed by atoms with Crippen LogP contribution in [-0.4, -0.2) is 40.0 Å². The maximum atomic E-state index is 12.9. The van der Waals surface area contributed by atoms with Gasteiger partial charge in [-0.2, -0.15) is 0 Å². The van der Waals surface area contributed by atoms with Crippen molar-refractivity contribution in [2.75, 3.05) is 14.2 Å². The first-order valence-electron chi connectivity index (χ1n) is 5.09. The van der Waals surface area contributed by atoms with Gasteiger partial charge in [-0.25, -0.2) is 17.5 Å². The predicted octanol–water partition coefficient (Wildman–Crippen LogP) is 0.506. The lowest BCUT2D eigenvalue weighted by atomic mass is 10.3. The molecule has 1 rings (SSSR count). The number of sulfonamides is 1. The summed E-state index contributed by atoms with van der Waals surface area (Å²) < 4.78 is 48.9. The minimum atomic E-state index is -3.86. The Labute approximate surface area is 105 Å². The molecule has 102 valence electrons. The van der Waals surface area contributed by atoms with Gasteiger partial charge in [0.2, 0.25) is 10.0 Å². The van der Waals surface area contributed by atoms with E-state index in [-0.39, 0.29) is 4.90 Å². The number of hydrogen-bond acceptors (Lipinski definition) is 5. The molecule has 1 N–H and O–H groups in total. The van der Waals surface area contributed by atoms with Gasteiger partial charge >= 0.3 is 0 Å². The zero-order chi connectivity index (χ0) is 13.8. The van der Waals surface area contributed by atoms with E-state index in [4.69, 9.17) is 9.47 Å². The summed E-state index contributed by atoms with van der Waals surface area (Å²) in [7, 11) is -1.08. The summed E-state index contributed by atoms with van der Waals surface area (Å²) in [5.74, 6) is -0.722. The molecule has 0 bridgehead atoms. The van der Waals surface area contributed by atoms with E-state index in [0.29, 0.717) is 0 Å². The predicted molar refractivity (Wildman–Crippen MR) is 61.8 cm³/mol. The van der Waals surface area contributed by atoms with Crippen molar-refractivity contribution in [2.45, 2.75) is 24.2 Å². The molecule has 18 heavy (non-hydrogen) atoms. The highest BCUT2D eigenvalue weighted by molar-refractivity contribution is 7.89. The second-order valence-electron chi connectivity index (χ2n) is 3.59. The van der Waals surface area contributed by atoms with Crippen molar-refractivity contribution in [3.05, 3.63) is 24.3 Å². The van der Waals surface area contributed by atoms with Gasteiger partial charge in [0.1, 0.15) is 10.7 Å². The van der Waals surface area contributed by atoms with Crippen LogP contribution < -0.4 is 4.72 Å². The van der Waals surface area contributed by atoms with Gasteiger partial charge < -0.3 is 9.47 Å². The van der Waals surface area contributed by atoms with E-state index in [0.717, 1.165) is 18.5 Å². The summed E-state index contributed by atoms with van der Waals surface area (Å²) in [5.41, 5.74) is 0. The Balaban J connectivity index is 2.89. The molecule has 0 aliphatic heterocycles. The summed E-state index contributed by atoms with van der Waals surface area (Å²) in [4.78, 5) is 3.24. The van der Waals surface area contributed by atoms with Crippen LogP contribution in [0.1, 0.15) is 6.92 Å². The third kappa shape index (κ3) is 3.70. The van der Waals surface area contributed by atoms with Crippen LogP contribution >= 0.6 is 0 Å². The minimum absolute atomic E-state index is 0.250. The van der Waals surface area contributed by atoms with Crippen molar-refractivity contribution in [1.29, 1.82) is 0 Å². The molecule has 8 heteroatoms. The van der Waals surface area contributed by atoms with Crippen LogP contribution in [0.3, 0.4) is 0 Å². The largest absolute Gasteiger partial charge is 0.354 e. The van der Waals surface area contributed by atoms with Crippen molar-refractivity contribution >= 4 is 10.0 Å². The number of hydrogen-bond donors (Lipinski definition) is 1. The number of halogens is 1. The van der Waals surface area contributed by atoms with Crippen LogP contribution in [0, 0.1) is 5.82 Å². The number of methoxy groups -OCH3 is 2. The summed E-state index contributed by atoms with van der Waals surface area (Å²) in [6.07, 6.45) is 1.25. The van der Waals surface area contributed by atoms with Crippen molar-refractivity contribution in [1.82, 2.24) is 9.71 Å². The molecule has 0 aromatic carbocycles. The molecule has 0 radical (unpaired) electrons. The Hall–Kier alpha value is -1.09. The minimum Gasteiger partial charge on any atom is -0.354 e. The van der Waals surface area contributed by atoms with E-state index in [2.05, 4.69) is 9.71 Å². The van der Waals surface area contributed by atoms with E-state index in [1.165, 1.54) is 14.2 Å². The van der Waals surface area contributed by atoms with Gasteiger partial charge in [-0.05, 0) is 13.0 Å². The maximum Gasteiger partial charge on any atom is 0.242 e. The van der Waals surface area contributed by atoms with Gasteiger partial charge in [0.05, 0.1) is 12.2 Å². The molecule has 1 aromatic heterocycles. The average Bonchev–Trinajstić information content (AvgIpc) is 2.30. The van der Waals surface area contributed by atoms with E-state index in [9.17, 15) is 12.8 Å². The Bertz CT molecular complexity index is 490. The molecule has 0 saturated heterocycles. The Morgan fingerprint density at radius 3 is 2.44 bits per heavy atom. The standard InChI is InChI=1S/C10H15FN2O4S/c1-7(10(16-2)17-3)13-18(14,15)9-4-8(11)5-12-6-9/h4-7,10,13H,1-3H3. The molecule has 0 spiro atoms. The van der Waals surface area contributed by atoms with E-state index >= 15 is 0 Å². The van der Waals surface area contributed by atoms with Crippen LogP contribution in [0.2, 0.25) is 0 Å². The number of nitrogens with one attached hydrogen (secondary N) is 1. The van der Waals surface area contributed by atoms with Crippen molar-refractivity contribution < 1.29 is 22.3 Å². The lowest BCUT2D eigenvalue weighted by molar-refractivity contribution is -0.115. The van der Waals surface area contributed by atoms with Crippen molar-refractivity contribution in [3.8, 4) is 0 Å². The Morgan fingerprint density at radius 2 is 1.94 bits per heavy atom. The first kappa shape index (κ1) is 15.0. The first-order valence-corrected chi connectivity index (χ1v) is 6.57. The SMILES string of the molecule is COC(OC)C(C)NS(=O)(=O)c1cncc(F)c1. The van der Waals surface area contributed by atoms with Crippen molar-refractivity contribution in [3.63, 3.8) is 0 Å². The van der Waals surface area contributed by atoms with Crippen LogP contribution in [0.15, 0.2) is 23.4 Å². The normalized spacial score (nSPS) is 13.8. The van der Waals surface area contributed by atoms with Gasteiger partial charge in [0, 0.05) is 20.4 Å². The first-order chi connectivity index (χ1) is 8.40. The number of rotatable bonds is 6. The molecule has 6 nitrogen and oxygen atoms in total. The molecule has 0 aliphatic rings. The molecule has 0 fully saturated rings. The molecular formula is C10H15FN2O4S. The van der Waals surface area contributed by atoms with Crippen LogP contribution in [-0.2, 0) is 19.5 Å². The summed E-state index contributed by atoms with van der Waals surface area (Å²) in [6.45, 7) is 1.57. The number of pyridine rings is 1. The van der Waals surface area contributed by atoms with Gasteiger partial charge in [-0.1, -0.05) is 0 Å². The fourth-order valence-electron chi connectivity index (χ4n) is 1.41. The molecule has 1 heterocycles. The summed E-state index contributed by atoms with van der Waals surface area (Å²) in [5, 5.41) is 0. The Kier molecular flexibility index (Phi) is 5.15. The van der Waals surface area contributed by atoms with Gasteiger partial charge in [0.25, 0.3) is 0 Å². The average molecular weight is 278 g/mol. The molecule has 1 atom stereocenters. The molecule has 1 unspecified atom stereocenters. The van der Waals surface area contributed by atoms with Crippen molar-refractivity contribution in [2.24, 2.45) is 0 Å². The van der Waals surface area contributed by atoms with Gasteiger partial charge in [-0.15, -0.1) is 0 Å². The third-order valence-electron chi connectivity index (χ3n) is 2.20. The molecule has 1 aromatic rings. The zero-order valence-electron chi connectivity index (χ0n) is 10.3. The third-order valence-corrected chi connectivity index (χ3v) is 3.73.